The van der Waals surface area contributed by atoms with E-state index in [9.17, 15) is 0 Å². The third kappa shape index (κ3) is 1.65. The quantitative estimate of drug-likeness (QED) is 0.426. The second-order valence-electron chi connectivity index (χ2n) is 3.51. The summed E-state index contributed by atoms with van der Waals surface area (Å²) >= 11 is 0. The molecule has 0 aliphatic rings. The summed E-state index contributed by atoms with van der Waals surface area (Å²) in [6, 6.07) is 21.4. The molecule has 0 nitrogen and oxygen atoms in total. The Morgan fingerprint density at radius 1 is 0.467 bits per heavy atom. The first-order valence-corrected chi connectivity index (χ1v) is 4.82. The van der Waals surface area contributed by atoms with Crippen LogP contribution in [0.3, 0.4) is 0 Å². The van der Waals surface area contributed by atoms with Crippen molar-refractivity contribution in [1.82, 2.24) is 0 Å². The Hall–Kier alpha value is -1.30. The van der Waals surface area contributed by atoms with Gasteiger partial charge in [0.2, 0.25) is 0 Å². The molecule has 0 bridgehead atoms. The SMILES string of the molecule is [Se].c1ccc2c(c1)ccc1ccccc12. The molecule has 0 aliphatic carbocycles. The molecule has 0 N–H and O–H groups in total. The van der Waals surface area contributed by atoms with Crippen molar-refractivity contribution in [1.29, 1.82) is 0 Å². The minimum absolute atomic E-state index is 0. The number of hydrogen-bond acceptors (Lipinski definition) is 0. The van der Waals surface area contributed by atoms with E-state index in [1.54, 1.807) is 0 Å². The summed E-state index contributed by atoms with van der Waals surface area (Å²) in [5, 5.41) is 5.30. The molecule has 0 heterocycles. The molecule has 0 saturated carbocycles. The molecule has 3 rings (SSSR count). The molecule has 2 radical (unpaired) electrons. The van der Waals surface area contributed by atoms with Crippen LogP contribution < -0.4 is 0 Å². The average molecular weight is 257 g/mol. The Balaban J connectivity index is 0.000000853. The van der Waals surface area contributed by atoms with E-state index in [0.29, 0.717) is 0 Å². The second-order valence-corrected chi connectivity index (χ2v) is 3.51. The molecule has 15 heavy (non-hydrogen) atoms. The van der Waals surface area contributed by atoms with E-state index in [4.69, 9.17) is 0 Å². The normalized spacial score (nSPS) is 10.1. The van der Waals surface area contributed by atoms with Gasteiger partial charge >= 0.3 is 0 Å². The third-order valence-corrected chi connectivity index (χ3v) is 2.65. The van der Waals surface area contributed by atoms with Crippen LogP contribution in [0.4, 0.5) is 0 Å². The standard InChI is InChI=1S/C14H10.Se/c1-3-7-13-11(5-1)9-10-12-6-2-4-8-14(12)13;/h1-10H;. The molecule has 0 atom stereocenters. The van der Waals surface area contributed by atoms with Crippen molar-refractivity contribution in [3.05, 3.63) is 60.7 Å². The molecular weight excluding hydrogens is 247 g/mol. The third-order valence-electron chi connectivity index (χ3n) is 2.65. The molecule has 0 aliphatic heterocycles. The number of fused-ring (bicyclic) bond motifs is 3. The summed E-state index contributed by atoms with van der Waals surface area (Å²) in [4.78, 5) is 0. The van der Waals surface area contributed by atoms with Crippen molar-refractivity contribution in [2.24, 2.45) is 0 Å². The summed E-state index contributed by atoms with van der Waals surface area (Å²) in [6.45, 7) is 0. The Morgan fingerprint density at radius 2 is 0.867 bits per heavy atom. The van der Waals surface area contributed by atoms with Crippen molar-refractivity contribution in [2.45, 2.75) is 0 Å². The van der Waals surface area contributed by atoms with Gasteiger partial charge in [-0.15, -0.1) is 0 Å². The maximum atomic E-state index is 2.18. The first-order valence-electron chi connectivity index (χ1n) is 4.82. The molecule has 1 heteroatoms. The fourth-order valence-corrected chi connectivity index (χ4v) is 1.95. The zero-order valence-corrected chi connectivity index (χ0v) is 9.89. The number of benzene rings is 3. The molecule has 0 fully saturated rings. The maximum absolute atomic E-state index is 2.18. The van der Waals surface area contributed by atoms with E-state index in [1.807, 2.05) is 0 Å². The van der Waals surface area contributed by atoms with Crippen molar-refractivity contribution in [3.63, 3.8) is 0 Å². The molecule has 72 valence electrons. The van der Waals surface area contributed by atoms with Crippen LogP contribution in [0.15, 0.2) is 60.7 Å². The van der Waals surface area contributed by atoms with E-state index < -0.39 is 0 Å². The Labute approximate surface area is 99.4 Å². The largest absolute Gasteiger partial charge is 0.0616 e. The number of rotatable bonds is 0. The molecule has 0 amide bonds. The van der Waals surface area contributed by atoms with Gasteiger partial charge in [-0.2, -0.15) is 0 Å². The van der Waals surface area contributed by atoms with Crippen LogP contribution in [0.5, 0.6) is 0 Å². The summed E-state index contributed by atoms with van der Waals surface area (Å²) < 4.78 is 0. The van der Waals surface area contributed by atoms with Gasteiger partial charge in [-0.1, -0.05) is 60.7 Å². The van der Waals surface area contributed by atoms with Crippen molar-refractivity contribution in [3.8, 4) is 0 Å². The fraction of sp³-hybridized carbons (Fsp3) is 0. The summed E-state index contributed by atoms with van der Waals surface area (Å²) in [5.41, 5.74) is 0. The summed E-state index contributed by atoms with van der Waals surface area (Å²) in [5.74, 6) is 0. The molecule has 0 unspecified atom stereocenters. The van der Waals surface area contributed by atoms with E-state index >= 15 is 0 Å². The van der Waals surface area contributed by atoms with E-state index in [2.05, 4.69) is 60.7 Å². The van der Waals surface area contributed by atoms with Gasteiger partial charge in [-0.3, -0.25) is 0 Å². The van der Waals surface area contributed by atoms with Crippen molar-refractivity contribution < 1.29 is 0 Å². The molecule has 0 spiro atoms. The van der Waals surface area contributed by atoms with Crippen LogP contribution >= 0.6 is 0 Å². The van der Waals surface area contributed by atoms with Gasteiger partial charge in [0.05, 0.1) is 0 Å². The van der Waals surface area contributed by atoms with Crippen LogP contribution in [0.25, 0.3) is 21.5 Å². The minimum atomic E-state index is 0. The monoisotopic (exact) mass is 258 g/mol. The van der Waals surface area contributed by atoms with Gasteiger partial charge in [0.15, 0.2) is 0 Å². The van der Waals surface area contributed by atoms with E-state index in [-0.39, 0.29) is 17.1 Å². The van der Waals surface area contributed by atoms with Crippen LogP contribution in [0.2, 0.25) is 0 Å². The number of hydrogen-bond donors (Lipinski definition) is 0. The zero-order chi connectivity index (χ0) is 9.38. The average Bonchev–Trinajstić information content (AvgIpc) is 2.29. The summed E-state index contributed by atoms with van der Waals surface area (Å²) in [7, 11) is 0. The topological polar surface area (TPSA) is 0 Å². The van der Waals surface area contributed by atoms with Crippen LogP contribution in [-0.2, 0) is 0 Å². The molecule has 3 aromatic rings. The van der Waals surface area contributed by atoms with Crippen LogP contribution in [0.1, 0.15) is 0 Å². The maximum Gasteiger partial charge on any atom is 0 e. The first-order chi connectivity index (χ1) is 6.95. The van der Waals surface area contributed by atoms with Gasteiger partial charge in [0, 0.05) is 17.1 Å². The van der Waals surface area contributed by atoms with Gasteiger partial charge in [0.25, 0.3) is 0 Å². The van der Waals surface area contributed by atoms with Gasteiger partial charge < -0.3 is 0 Å². The van der Waals surface area contributed by atoms with Gasteiger partial charge in [-0.25, -0.2) is 0 Å². The fourth-order valence-electron chi connectivity index (χ4n) is 1.95. The first kappa shape index (κ1) is 10.2. The Bertz CT molecular complexity index is 544. The van der Waals surface area contributed by atoms with Crippen LogP contribution in [0, 0.1) is 0 Å². The minimum Gasteiger partial charge on any atom is -0.0616 e. The predicted octanol–water partition coefficient (Wildman–Crippen LogP) is 3.61. The molecule has 0 aromatic heterocycles. The van der Waals surface area contributed by atoms with Crippen LogP contribution in [-0.4, -0.2) is 17.1 Å². The second kappa shape index (κ2) is 4.06. The smallest absolute Gasteiger partial charge is 0 e. The van der Waals surface area contributed by atoms with Crippen molar-refractivity contribution >= 4 is 38.6 Å². The van der Waals surface area contributed by atoms with Crippen molar-refractivity contribution in [2.75, 3.05) is 0 Å². The molecular formula is C14H10Se. The zero-order valence-electron chi connectivity index (χ0n) is 8.18. The van der Waals surface area contributed by atoms with E-state index in [0.717, 1.165) is 0 Å². The van der Waals surface area contributed by atoms with Gasteiger partial charge in [0.1, 0.15) is 0 Å². The predicted molar refractivity (Wildman–Crippen MR) is 67.2 cm³/mol. The summed E-state index contributed by atoms with van der Waals surface area (Å²) in [6.07, 6.45) is 0. The Morgan fingerprint density at radius 3 is 1.33 bits per heavy atom. The van der Waals surface area contributed by atoms with E-state index in [1.165, 1.54) is 21.5 Å². The molecule has 0 saturated heterocycles. The Kier molecular flexibility index (Phi) is 2.77. The van der Waals surface area contributed by atoms with Gasteiger partial charge in [-0.05, 0) is 21.5 Å². The molecule has 3 aromatic carbocycles.